The van der Waals surface area contributed by atoms with Crippen molar-refractivity contribution in [3.05, 3.63) is 92.2 Å². The topological polar surface area (TPSA) is 86.0 Å². The summed E-state index contributed by atoms with van der Waals surface area (Å²) >= 11 is 12.7. The molecule has 0 bridgehead atoms. The quantitative estimate of drug-likeness (QED) is 0.236. The van der Waals surface area contributed by atoms with E-state index in [-0.39, 0.29) is 23.8 Å². The molecule has 0 saturated carbocycles. The van der Waals surface area contributed by atoms with Gasteiger partial charge < -0.3 is 23.9 Å². The first-order chi connectivity index (χ1) is 20.8. The number of imidazole rings is 1. The molecule has 3 aliphatic rings. The van der Waals surface area contributed by atoms with E-state index in [0.29, 0.717) is 34.4 Å². The number of carboxylic acids is 1. The zero-order valence-corrected chi connectivity index (χ0v) is 25.4. The van der Waals surface area contributed by atoms with Gasteiger partial charge >= 0.3 is 5.97 Å². The summed E-state index contributed by atoms with van der Waals surface area (Å²) in [6.45, 7) is 4.95. The van der Waals surface area contributed by atoms with E-state index in [1.165, 1.54) is 17.2 Å². The van der Waals surface area contributed by atoms with Crippen LogP contribution in [0.15, 0.2) is 48.5 Å². The Bertz CT molecular complexity index is 1780. The number of carboxylic acid groups (broad SMARTS) is 1. The van der Waals surface area contributed by atoms with E-state index < -0.39 is 5.97 Å². The minimum absolute atomic E-state index is 0.0382. The Morgan fingerprint density at radius 3 is 2.74 bits per heavy atom. The van der Waals surface area contributed by atoms with Crippen LogP contribution in [0.2, 0.25) is 10.0 Å². The SMILES string of the molecule is COc1cc(C(=O)O)cc2c1nc(CN1CCc3ccc4c(c3C1C)O[C@@H](c1ccc(Cl)cc1Cl)C=C4)n2C[C@@H]1CCO1. The average Bonchev–Trinajstić information content (AvgIpc) is 3.31. The lowest BCUT2D eigenvalue weighted by atomic mass is 9.89. The lowest BCUT2D eigenvalue weighted by molar-refractivity contribution is -0.0592. The van der Waals surface area contributed by atoms with Gasteiger partial charge in [0, 0.05) is 45.9 Å². The summed E-state index contributed by atoms with van der Waals surface area (Å²) in [5.41, 5.74) is 5.89. The van der Waals surface area contributed by atoms with Crippen LogP contribution in [0.5, 0.6) is 11.5 Å². The maximum absolute atomic E-state index is 11.9. The van der Waals surface area contributed by atoms with Crippen molar-refractivity contribution in [3.63, 3.8) is 0 Å². The highest BCUT2D eigenvalue weighted by atomic mass is 35.5. The molecule has 222 valence electrons. The summed E-state index contributed by atoms with van der Waals surface area (Å²) in [6.07, 6.45) is 5.69. The summed E-state index contributed by atoms with van der Waals surface area (Å²) < 4.78 is 20.1. The zero-order valence-electron chi connectivity index (χ0n) is 23.8. The number of ether oxygens (including phenoxy) is 3. The summed E-state index contributed by atoms with van der Waals surface area (Å²) in [6, 6.07) is 13.1. The highest BCUT2D eigenvalue weighted by Gasteiger charge is 2.33. The van der Waals surface area contributed by atoms with Crippen LogP contribution < -0.4 is 9.47 Å². The molecule has 8 nitrogen and oxygen atoms in total. The Morgan fingerprint density at radius 1 is 1.19 bits per heavy atom. The normalized spacial score (nSPS) is 21.2. The van der Waals surface area contributed by atoms with Crippen molar-refractivity contribution in [2.45, 2.75) is 51.1 Å². The molecule has 0 radical (unpaired) electrons. The highest BCUT2D eigenvalue weighted by Crippen LogP contribution is 2.45. The lowest BCUT2D eigenvalue weighted by Gasteiger charge is -2.38. The van der Waals surface area contributed by atoms with Gasteiger partial charge in [0.1, 0.15) is 28.9 Å². The molecule has 3 atom stereocenters. The maximum Gasteiger partial charge on any atom is 0.335 e. The van der Waals surface area contributed by atoms with E-state index in [9.17, 15) is 9.90 Å². The first kappa shape index (κ1) is 28.2. The van der Waals surface area contributed by atoms with E-state index in [4.69, 9.17) is 42.4 Å². The highest BCUT2D eigenvalue weighted by molar-refractivity contribution is 6.35. The molecule has 0 spiro atoms. The fourth-order valence-electron chi connectivity index (χ4n) is 6.37. The second-order valence-electron chi connectivity index (χ2n) is 11.3. The third-order valence-corrected chi connectivity index (χ3v) is 9.37. The van der Waals surface area contributed by atoms with Crippen LogP contribution in [0.4, 0.5) is 0 Å². The summed E-state index contributed by atoms with van der Waals surface area (Å²) in [4.78, 5) is 19.3. The second-order valence-corrected chi connectivity index (χ2v) is 12.1. The van der Waals surface area contributed by atoms with Crippen LogP contribution in [-0.2, 0) is 24.2 Å². The Hall–Kier alpha value is -3.56. The van der Waals surface area contributed by atoms with Gasteiger partial charge in [-0.1, -0.05) is 47.5 Å². The number of hydrogen-bond acceptors (Lipinski definition) is 6. The van der Waals surface area contributed by atoms with E-state index in [2.05, 4.69) is 34.6 Å². The van der Waals surface area contributed by atoms with Crippen LogP contribution in [0.1, 0.15) is 63.9 Å². The molecule has 1 saturated heterocycles. The number of benzene rings is 3. The first-order valence-corrected chi connectivity index (χ1v) is 15.2. The third kappa shape index (κ3) is 5.06. The van der Waals surface area contributed by atoms with Gasteiger partial charge in [-0.2, -0.15) is 0 Å². The Balaban J connectivity index is 1.24. The van der Waals surface area contributed by atoms with Crippen LogP contribution in [-0.4, -0.2) is 51.9 Å². The van der Waals surface area contributed by atoms with Crippen LogP contribution in [0.25, 0.3) is 17.1 Å². The Kier molecular flexibility index (Phi) is 7.33. The molecule has 4 aromatic rings. The van der Waals surface area contributed by atoms with E-state index >= 15 is 0 Å². The number of hydrogen-bond donors (Lipinski definition) is 1. The number of nitrogens with zero attached hydrogens (tertiary/aromatic N) is 3. The molecule has 0 amide bonds. The number of halogens is 2. The standard InChI is InChI=1S/C33H31Cl2N3O5/c1-18-30-19(3-4-20-5-8-27(43-32(20)30)24-7-6-22(34)15-25(24)35)9-11-37(18)17-29-36-31-26(38(29)16-23-10-12-42-23)13-21(33(39)40)14-28(31)41-2/h3-8,13-15,18,23,27H,9-12,16-17H2,1-2H3,(H,39,40)/t18?,23-,27+/m0/s1. The maximum atomic E-state index is 11.9. The van der Waals surface area contributed by atoms with Crippen molar-refractivity contribution in [2.75, 3.05) is 20.3 Å². The fraction of sp³-hybridized carbons (Fsp3) is 0.333. The van der Waals surface area contributed by atoms with Crippen molar-refractivity contribution in [1.82, 2.24) is 14.5 Å². The van der Waals surface area contributed by atoms with Gasteiger partial charge in [-0.05, 0) is 55.7 Å². The van der Waals surface area contributed by atoms with E-state index in [1.807, 2.05) is 18.2 Å². The van der Waals surface area contributed by atoms with Crippen LogP contribution in [0.3, 0.4) is 0 Å². The molecule has 1 aromatic heterocycles. The van der Waals surface area contributed by atoms with Gasteiger partial charge in [0.15, 0.2) is 0 Å². The number of fused-ring (bicyclic) bond motifs is 4. The van der Waals surface area contributed by atoms with Crippen molar-refractivity contribution >= 4 is 46.3 Å². The minimum atomic E-state index is -1.01. The van der Waals surface area contributed by atoms with Gasteiger partial charge in [-0.15, -0.1) is 0 Å². The zero-order chi connectivity index (χ0) is 29.8. The van der Waals surface area contributed by atoms with E-state index in [1.54, 1.807) is 19.2 Å². The molecule has 1 unspecified atom stereocenters. The van der Waals surface area contributed by atoms with E-state index in [0.717, 1.165) is 54.2 Å². The van der Waals surface area contributed by atoms with Crippen molar-refractivity contribution in [3.8, 4) is 11.5 Å². The molecule has 3 aromatic carbocycles. The monoisotopic (exact) mass is 619 g/mol. The van der Waals surface area contributed by atoms with Crippen molar-refractivity contribution < 1.29 is 24.1 Å². The number of methoxy groups -OCH3 is 1. The molecule has 1 fully saturated rings. The smallest absolute Gasteiger partial charge is 0.335 e. The minimum Gasteiger partial charge on any atom is -0.494 e. The predicted octanol–water partition coefficient (Wildman–Crippen LogP) is 7.11. The molecular weight excluding hydrogens is 589 g/mol. The van der Waals surface area contributed by atoms with Crippen molar-refractivity contribution in [1.29, 1.82) is 0 Å². The lowest BCUT2D eigenvalue weighted by Crippen LogP contribution is -2.36. The molecule has 3 aliphatic heterocycles. The number of carbonyl (C=O) groups is 1. The summed E-state index contributed by atoms with van der Waals surface area (Å²) in [7, 11) is 1.54. The molecule has 10 heteroatoms. The molecular formula is C33H31Cl2N3O5. The van der Waals surface area contributed by atoms with Crippen molar-refractivity contribution in [2.24, 2.45) is 0 Å². The molecule has 0 aliphatic carbocycles. The van der Waals surface area contributed by atoms with Gasteiger partial charge in [0.2, 0.25) is 0 Å². The number of rotatable bonds is 7. The number of aromatic carboxylic acids is 1. The number of aromatic nitrogens is 2. The molecule has 43 heavy (non-hydrogen) atoms. The fourth-order valence-corrected chi connectivity index (χ4v) is 6.88. The Morgan fingerprint density at radius 2 is 2.02 bits per heavy atom. The first-order valence-electron chi connectivity index (χ1n) is 14.4. The van der Waals surface area contributed by atoms with Crippen LogP contribution in [0, 0.1) is 0 Å². The largest absolute Gasteiger partial charge is 0.494 e. The summed E-state index contributed by atoms with van der Waals surface area (Å²) in [5.74, 6) is 1.16. The van der Waals surface area contributed by atoms with Gasteiger partial charge in [-0.3, -0.25) is 4.90 Å². The molecule has 4 heterocycles. The van der Waals surface area contributed by atoms with Gasteiger partial charge in [-0.25, -0.2) is 9.78 Å². The molecule has 1 N–H and O–H groups in total. The molecule has 7 rings (SSSR count). The summed E-state index contributed by atoms with van der Waals surface area (Å²) in [5, 5.41) is 10.9. The Labute approximate surface area is 259 Å². The second kappa shape index (κ2) is 11.2. The predicted molar refractivity (Wildman–Crippen MR) is 165 cm³/mol. The third-order valence-electron chi connectivity index (χ3n) is 8.80. The van der Waals surface area contributed by atoms with Gasteiger partial charge in [0.05, 0.1) is 37.4 Å². The van der Waals surface area contributed by atoms with Gasteiger partial charge in [0.25, 0.3) is 0 Å². The average molecular weight is 621 g/mol. The van der Waals surface area contributed by atoms with Crippen LogP contribution >= 0.6 is 23.2 Å².